The van der Waals surface area contributed by atoms with E-state index in [4.69, 9.17) is 4.74 Å². The van der Waals surface area contributed by atoms with Crippen LogP contribution in [0.5, 0.6) is 5.75 Å². The number of anilines is 1. The van der Waals surface area contributed by atoms with Gasteiger partial charge < -0.3 is 4.74 Å². The Morgan fingerprint density at radius 2 is 1.96 bits per heavy atom. The molecule has 0 aliphatic heterocycles. The van der Waals surface area contributed by atoms with Gasteiger partial charge in [-0.2, -0.15) is 5.10 Å². The van der Waals surface area contributed by atoms with Crippen LogP contribution in [0.1, 0.15) is 19.9 Å². The van der Waals surface area contributed by atoms with Crippen LogP contribution in [0.3, 0.4) is 0 Å². The number of aromatic nitrogens is 2. The van der Waals surface area contributed by atoms with Gasteiger partial charge in [0.15, 0.2) is 0 Å². The molecular weight excluding hydrogens is 326 g/mol. The second-order valence-electron chi connectivity index (χ2n) is 5.74. The largest absolute Gasteiger partial charge is 0.497 e. The van der Waals surface area contributed by atoms with E-state index in [1.165, 1.54) is 7.11 Å². The summed E-state index contributed by atoms with van der Waals surface area (Å²) in [4.78, 5) is 0.195. The molecule has 0 unspecified atom stereocenters. The molecule has 3 aromatic rings. The van der Waals surface area contributed by atoms with Crippen LogP contribution in [0.15, 0.2) is 53.6 Å². The molecule has 24 heavy (non-hydrogen) atoms. The van der Waals surface area contributed by atoms with Crippen molar-refractivity contribution in [2.24, 2.45) is 0 Å². The summed E-state index contributed by atoms with van der Waals surface area (Å²) in [6, 6.07) is 12.0. The third-order valence-electron chi connectivity index (χ3n) is 3.69. The van der Waals surface area contributed by atoms with E-state index < -0.39 is 10.0 Å². The van der Waals surface area contributed by atoms with Gasteiger partial charge in [-0.25, -0.2) is 8.42 Å². The summed E-state index contributed by atoms with van der Waals surface area (Å²) in [5.41, 5.74) is 1.36. The SMILES string of the molecule is COc1cccc(NS(=O)(=O)c2ccc3c(cnn3C(C)C)c2)c1. The lowest BCUT2D eigenvalue weighted by molar-refractivity contribution is 0.415. The Balaban J connectivity index is 1.95. The van der Waals surface area contributed by atoms with Crippen molar-refractivity contribution >= 4 is 26.6 Å². The lowest BCUT2D eigenvalue weighted by Crippen LogP contribution is -2.13. The fourth-order valence-corrected chi connectivity index (χ4v) is 3.59. The molecule has 3 rings (SSSR count). The first kappa shape index (κ1) is 16.3. The lowest BCUT2D eigenvalue weighted by Gasteiger charge is -2.10. The second-order valence-corrected chi connectivity index (χ2v) is 7.42. The van der Waals surface area contributed by atoms with Crippen molar-refractivity contribution in [1.29, 1.82) is 0 Å². The van der Waals surface area contributed by atoms with E-state index >= 15 is 0 Å². The molecule has 0 saturated heterocycles. The maximum atomic E-state index is 12.6. The van der Waals surface area contributed by atoms with E-state index in [1.54, 1.807) is 48.7 Å². The maximum Gasteiger partial charge on any atom is 0.261 e. The monoisotopic (exact) mass is 345 g/mol. The predicted octanol–water partition coefficient (Wildman–Crippen LogP) is 3.43. The van der Waals surface area contributed by atoms with E-state index in [0.29, 0.717) is 11.4 Å². The van der Waals surface area contributed by atoms with Crippen molar-refractivity contribution in [2.45, 2.75) is 24.8 Å². The van der Waals surface area contributed by atoms with Crippen molar-refractivity contribution in [3.8, 4) is 5.75 Å². The number of fused-ring (bicyclic) bond motifs is 1. The first-order valence-corrected chi connectivity index (χ1v) is 9.03. The number of sulfonamides is 1. The molecule has 7 heteroatoms. The van der Waals surface area contributed by atoms with Gasteiger partial charge in [0.2, 0.25) is 0 Å². The highest BCUT2D eigenvalue weighted by Crippen LogP contribution is 2.24. The molecular formula is C17H19N3O3S. The quantitative estimate of drug-likeness (QED) is 0.769. The van der Waals surface area contributed by atoms with Gasteiger partial charge in [-0.1, -0.05) is 6.07 Å². The van der Waals surface area contributed by atoms with E-state index in [1.807, 2.05) is 18.5 Å². The number of benzene rings is 2. The topological polar surface area (TPSA) is 73.2 Å². The van der Waals surface area contributed by atoms with Gasteiger partial charge in [-0.15, -0.1) is 0 Å². The molecule has 1 heterocycles. The van der Waals surface area contributed by atoms with E-state index in [9.17, 15) is 8.42 Å². The minimum absolute atomic E-state index is 0.195. The molecule has 0 radical (unpaired) electrons. The molecule has 0 aliphatic rings. The van der Waals surface area contributed by atoms with Crippen LogP contribution in [0.4, 0.5) is 5.69 Å². The van der Waals surface area contributed by atoms with Crippen LogP contribution in [0.2, 0.25) is 0 Å². The molecule has 0 aliphatic carbocycles. The highest BCUT2D eigenvalue weighted by Gasteiger charge is 2.16. The molecule has 0 amide bonds. The number of hydrogen-bond acceptors (Lipinski definition) is 4. The summed E-state index contributed by atoms with van der Waals surface area (Å²) in [7, 11) is -2.15. The van der Waals surface area contributed by atoms with Crippen LogP contribution in [-0.2, 0) is 10.0 Å². The van der Waals surface area contributed by atoms with Gasteiger partial charge in [0.05, 0.1) is 29.4 Å². The number of nitrogens with zero attached hydrogens (tertiary/aromatic N) is 2. The standard InChI is InChI=1S/C17H19N3O3S/c1-12(2)20-17-8-7-16(9-13(17)11-18-20)24(21,22)19-14-5-4-6-15(10-14)23-3/h4-12,19H,1-3H3. The van der Waals surface area contributed by atoms with Gasteiger partial charge in [0.25, 0.3) is 10.0 Å². The number of hydrogen-bond donors (Lipinski definition) is 1. The molecule has 2 aromatic carbocycles. The first-order valence-electron chi connectivity index (χ1n) is 7.55. The smallest absolute Gasteiger partial charge is 0.261 e. The third kappa shape index (κ3) is 3.07. The maximum absolute atomic E-state index is 12.6. The molecule has 1 aromatic heterocycles. The zero-order valence-corrected chi connectivity index (χ0v) is 14.5. The van der Waals surface area contributed by atoms with E-state index in [0.717, 1.165) is 10.9 Å². The third-order valence-corrected chi connectivity index (χ3v) is 5.07. The summed E-state index contributed by atoms with van der Waals surface area (Å²) >= 11 is 0. The van der Waals surface area contributed by atoms with E-state index in [2.05, 4.69) is 9.82 Å². The van der Waals surface area contributed by atoms with Crippen molar-refractivity contribution in [1.82, 2.24) is 9.78 Å². The van der Waals surface area contributed by atoms with Crippen molar-refractivity contribution in [2.75, 3.05) is 11.8 Å². The first-order chi connectivity index (χ1) is 11.4. The number of ether oxygens (including phenoxy) is 1. The fourth-order valence-electron chi connectivity index (χ4n) is 2.51. The van der Waals surface area contributed by atoms with Crippen molar-refractivity contribution in [3.05, 3.63) is 48.7 Å². The average Bonchev–Trinajstić information content (AvgIpc) is 2.98. The molecule has 6 nitrogen and oxygen atoms in total. The van der Waals surface area contributed by atoms with Crippen LogP contribution in [-0.4, -0.2) is 25.3 Å². The minimum atomic E-state index is -3.68. The molecule has 0 bridgehead atoms. The fraction of sp³-hybridized carbons (Fsp3) is 0.235. The normalized spacial score (nSPS) is 11.8. The molecule has 0 spiro atoms. The summed E-state index contributed by atoms with van der Waals surface area (Å²) < 4.78 is 34.8. The van der Waals surface area contributed by atoms with Gasteiger partial charge in [-0.3, -0.25) is 9.40 Å². The van der Waals surface area contributed by atoms with Crippen LogP contribution < -0.4 is 9.46 Å². The summed E-state index contributed by atoms with van der Waals surface area (Å²) in [5.74, 6) is 0.587. The Morgan fingerprint density at radius 1 is 1.17 bits per heavy atom. The number of rotatable bonds is 5. The summed E-state index contributed by atoms with van der Waals surface area (Å²) in [5, 5.41) is 5.10. The zero-order valence-electron chi connectivity index (χ0n) is 13.7. The van der Waals surface area contributed by atoms with Crippen LogP contribution in [0.25, 0.3) is 10.9 Å². The number of nitrogens with one attached hydrogen (secondary N) is 1. The van der Waals surface area contributed by atoms with Crippen LogP contribution >= 0.6 is 0 Å². The Kier molecular flexibility index (Phi) is 4.19. The summed E-state index contributed by atoms with van der Waals surface area (Å²) in [6.45, 7) is 4.06. The Labute approximate surface area is 141 Å². The minimum Gasteiger partial charge on any atom is -0.497 e. The Bertz CT molecular complexity index is 978. The Hall–Kier alpha value is -2.54. The molecule has 0 saturated carbocycles. The van der Waals surface area contributed by atoms with Crippen molar-refractivity contribution in [3.63, 3.8) is 0 Å². The second kappa shape index (κ2) is 6.16. The van der Waals surface area contributed by atoms with Crippen LogP contribution in [0, 0.1) is 0 Å². The average molecular weight is 345 g/mol. The lowest BCUT2D eigenvalue weighted by atomic mass is 10.2. The predicted molar refractivity (Wildman–Crippen MR) is 93.9 cm³/mol. The van der Waals surface area contributed by atoms with Gasteiger partial charge >= 0.3 is 0 Å². The molecule has 0 fully saturated rings. The Morgan fingerprint density at radius 3 is 2.67 bits per heavy atom. The van der Waals surface area contributed by atoms with Gasteiger partial charge in [-0.05, 0) is 44.2 Å². The van der Waals surface area contributed by atoms with Crippen molar-refractivity contribution < 1.29 is 13.2 Å². The summed E-state index contributed by atoms with van der Waals surface area (Å²) in [6.07, 6.45) is 1.68. The highest BCUT2D eigenvalue weighted by atomic mass is 32.2. The van der Waals surface area contributed by atoms with E-state index in [-0.39, 0.29) is 10.9 Å². The van der Waals surface area contributed by atoms with Gasteiger partial charge in [0, 0.05) is 17.5 Å². The molecule has 1 N–H and O–H groups in total. The molecule has 0 atom stereocenters. The van der Waals surface area contributed by atoms with Gasteiger partial charge in [0.1, 0.15) is 5.75 Å². The zero-order chi connectivity index (χ0) is 17.3. The molecule has 126 valence electrons. The highest BCUT2D eigenvalue weighted by molar-refractivity contribution is 7.92. The number of methoxy groups -OCH3 is 1.